The number of aliphatic imine (C=N–C) groups is 1. The van der Waals surface area contributed by atoms with E-state index < -0.39 is 5.25 Å². The van der Waals surface area contributed by atoms with E-state index >= 15 is 0 Å². The van der Waals surface area contributed by atoms with Gasteiger partial charge in [-0.15, -0.1) is 0 Å². The molecule has 0 bridgehead atoms. The minimum absolute atomic E-state index is 0.00579. The minimum Gasteiger partial charge on any atom is -0.497 e. The number of ether oxygens (including phenoxy) is 1. The third kappa shape index (κ3) is 6.18. The molecule has 2 aromatic rings. The van der Waals surface area contributed by atoms with Crippen LogP contribution in [-0.2, 0) is 20.9 Å². The van der Waals surface area contributed by atoms with Crippen LogP contribution >= 0.6 is 11.8 Å². The quantitative estimate of drug-likeness (QED) is 0.696. The van der Waals surface area contributed by atoms with Gasteiger partial charge in [0.25, 0.3) is 5.91 Å². The van der Waals surface area contributed by atoms with E-state index in [1.165, 1.54) is 11.8 Å². The highest BCUT2D eigenvalue weighted by molar-refractivity contribution is 8.15. The lowest BCUT2D eigenvalue weighted by Gasteiger charge is -2.09. The zero-order valence-corrected chi connectivity index (χ0v) is 16.7. The summed E-state index contributed by atoms with van der Waals surface area (Å²) in [6, 6.07) is 16.5. The molecule has 0 spiro atoms. The predicted molar refractivity (Wildman–Crippen MR) is 113 cm³/mol. The molecule has 3 amide bonds. The van der Waals surface area contributed by atoms with Gasteiger partial charge in [-0.25, -0.2) is 4.99 Å². The van der Waals surface area contributed by atoms with E-state index in [-0.39, 0.29) is 30.6 Å². The first-order chi connectivity index (χ1) is 14.0. The van der Waals surface area contributed by atoms with Gasteiger partial charge in [-0.05, 0) is 29.8 Å². The largest absolute Gasteiger partial charge is 0.497 e. The van der Waals surface area contributed by atoms with Crippen LogP contribution in [0.25, 0.3) is 0 Å². The molecule has 0 fully saturated rings. The summed E-state index contributed by atoms with van der Waals surface area (Å²) in [6.07, 6.45) is 0.0218. The fourth-order valence-corrected chi connectivity index (χ4v) is 3.77. The van der Waals surface area contributed by atoms with Gasteiger partial charge < -0.3 is 15.4 Å². The molecule has 1 aliphatic heterocycles. The fourth-order valence-electron chi connectivity index (χ4n) is 2.70. The molecule has 150 valence electrons. The van der Waals surface area contributed by atoms with E-state index in [0.717, 1.165) is 5.56 Å². The third-order valence-electron chi connectivity index (χ3n) is 4.18. The Bertz CT molecular complexity index is 913. The van der Waals surface area contributed by atoms with Gasteiger partial charge in [0.1, 0.15) is 11.0 Å². The van der Waals surface area contributed by atoms with Crippen molar-refractivity contribution in [1.82, 2.24) is 5.32 Å². The van der Waals surface area contributed by atoms with E-state index in [0.29, 0.717) is 23.0 Å². The summed E-state index contributed by atoms with van der Waals surface area (Å²) in [5.74, 6) is -0.193. The van der Waals surface area contributed by atoms with Gasteiger partial charge in [-0.3, -0.25) is 14.4 Å². The summed E-state index contributed by atoms with van der Waals surface area (Å²) < 4.78 is 5.07. The van der Waals surface area contributed by atoms with Crippen LogP contribution in [0.2, 0.25) is 0 Å². The Kier molecular flexibility index (Phi) is 7.02. The first kappa shape index (κ1) is 20.6. The van der Waals surface area contributed by atoms with Crippen molar-refractivity contribution in [1.29, 1.82) is 0 Å². The normalized spacial score (nSPS) is 15.6. The van der Waals surface area contributed by atoms with Gasteiger partial charge >= 0.3 is 0 Å². The maximum absolute atomic E-state index is 12.2. The molecule has 0 radical (unpaired) electrons. The Morgan fingerprint density at radius 3 is 2.48 bits per heavy atom. The average molecular weight is 411 g/mol. The van der Waals surface area contributed by atoms with Gasteiger partial charge in [-0.2, -0.15) is 0 Å². The van der Waals surface area contributed by atoms with Crippen LogP contribution in [0.15, 0.2) is 59.6 Å². The molecule has 0 saturated carbocycles. The van der Waals surface area contributed by atoms with Crippen molar-refractivity contribution < 1.29 is 19.1 Å². The Morgan fingerprint density at radius 2 is 1.79 bits per heavy atom. The van der Waals surface area contributed by atoms with Crippen molar-refractivity contribution in [3.8, 4) is 5.75 Å². The number of amides is 3. The molecular formula is C21H21N3O4S. The second kappa shape index (κ2) is 9.88. The minimum atomic E-state index is -0.606. The number of benzene rings is 2. The fraction of sp³-hybridized carbons (Fsp3) is 0.238. The van der Waals surface area contributed by atoms with Crippen LogP contribution < -0.4 is 15.4 Å². The van der Waals surface area contributed by atoms with Crippen molar-refractivity contribution in [2.45, 2.75) is 24.6 Å². The molecule has 1 aliphatic rings. The Hall–Kier alpha value is -3.13. The number of anilines is 1. The highest BCUT2D eigenvalue weighted by Gasteiger charge is 2.31. The highest BCUT2D eigenvalue weighted by atomic mass is 32.2. The monoisotopic (exact) mass is 411 g/mol. The lowest BCUT2D eigenvalue weighted by atomic mass is 10.2. The molecule has 7 nitrogen and oxygen atoms in total. The summed E-state index contributed by atoms with van der Waals surface area (Å²) in [5, 5.41) is 5.38. The van der Waals surface area contributed by atoms with Gasteiger partial charge in [0.15, 0.2) is 0 Å². The van der Waals surface area contributed by atoms with E-state index in [1.54, 1.807) is 31.4 Å². The average Bonchev–Trinajstić information content (AvgIpc) is 3.06. The maximum atomic E-state index is 12.2. The standard InChI is InChI=1S/C21H21N3O4S/c1-28-16-9-7-15(8-10-16)23-19(26)11-17-21(27)24-20(29-17)12-18(25)22-13-14-5-3-2-4-6-14/h2-10,17H,11-13H2,1H3,(H,22,25)(H,23,26)/t17-/m1/s1. The van der Waals surface area contributed by atoms with Gasteiger partial charge in [0.2, 0.25) is 11.8 Å². The van der Waals surface area contributed by atoms with Crippen molar-refractivity contribution in [3.05, 3.63) is 60.2 Å². The van der Waals surface area contributed by atoms with Crippen molar-refractivity contribution >= 4 is 40.2 Å². The van der Waals surface area contributed by atoms with E-state index in [9.17, 15) is 14.4 Å². The highest BCUT2D eigenvalue weighted by Crippen LogP contribution is 2.27. The second-order valence-electron chi connectivity index (χ2n) is 6.37. The number of hydrogen-bond donors (Lipinski definition) is 2. The van der Waals surface area contributed by atoms with Crippen LogP contribution in [0.4, 0.5) is 5.69 Å². The first-order valence-electron chi connectivity index (χ1n) is 9.06. The van der Waals surface area contributed by atoms with Crippen molar-refractivity contribution in [2.75, 3.05) is 12.4 Å². The summed E-state index contributed by atoms with van der Waals surface area (Å²) in [6.45, 7) is 0.416. The van der Waals surface area contributed by atoms with Crippen LogP contribution in [0, 0.1) is 0 Å². The predicted octanol–water partition coefficient (Wildman–Crippen LogP) is 2.77. The molecule has 0 aromatic heterocycles. The maximum Gasteiger partial charge on any atom is 0.260 e. The van der Waals surface area contributed by atoms with Gasteiger partial charge in [0, 0.05) is 18.7 Å². The first-order valence-corrected chi connectivity index (χ1v) is 9.94. The van der Waals surface area contributed by atoms with Crippen LogP contribution in [0.1, 0.15) is 18.4 Å². The molecule has 2 N–H and O–H groups in total. The molecule has 1 atom stereocenters. The van der Waals surface area contributed by atoms with E-state index in [4.69, 9.17) is 4.74 Å². The van der Waals surface area contributed by atoms with Crippen molar-refractivity contribution in [3.63, 3.8) is 0 Å². The SMILES string of the molecule is COc1ccc(NC(=O)C[C@H]2SC(CC(=O)NCc3ccccc3)=NC2=O)cc1. The van der Waals surface area contributed by atoms with Crippen molar-refractivity contribution in [2.24, 2.45) is 4.99 Å². The molecule has 0 aliphatic carbocycles. The molecule has 1 heterocycles. The number of carbonyl (C=O) groups excluding carboxylic acids is 3. The number of rotatable bonds is 8. The summed E-state index contributed by atoms with van der Waals surface area (Å²) in [5.41, 5.74) is 1.61. The molecule has 8 heteroatoms. The Labute approximate surface area is 172 Å². The van der Waals surface area contributed by atoms with Crippen LogP contribution in [0.5, 0.6) is 5.75 Å². The second-order valence-corrected chi connectivity index (χ2v) is 7.65. The molecular weight excluding hydrogens is 390 g/mol. The molecule has 3 rings (SSSR count). The lowest BCUT2D eigenvalue weighted by molar-refractivity contribution is -0.121. The summed E-state index contributed by atoms with van der Waals surface area (Å²) in [7, 11) is 1.57. The molecule has 0 saturated heterocycles. The third-order valence-corrected chi connectivity index (χ3v) is 5.34. The Balaban J connectivity index is 1.44. The van der Waals surface area contributed by atoms with E-state index in [2.05, 4.69) is 15.6 Å². The number of nitrogens with one attached hydrogen (secondary N) is 2. The zero-order chi connectivity index (χ0) is 20.6. The van der Waals surface area contributed by atoms with Gasteiger partial charge in [0.05, 0.1) is 18.6 Å². The Morgan fingerprint density at radius 1 is 1.07 bits per heavy atom. The summed E-state index contributed by atoms with van der Waals surface area (Å²) >= 11 is 1.17. The summed E-state index contributed by atoms with van der Waals surface area (Å²) in [4.78, 5) is 40.3. The topological polar surface area (TPSA) is 96.9 Å². The molecule has 29 heavy (non-hydrogen) atoms. The zero-order valence-electron chi connectivity index (χ0n) is 15.9. The van der Waals surface area contributed by atoms with Crippen LogP contribution in [0.3, 0.4) is 0 Å². The van der Waals surface area contributed by atoms with Crippen LogP contribution in [-0.4, -0.2) is 35.1 Å². The molecule has 2 aromatic carbocycles. The van der Waals surface area contributed by atoms with E-state index in [1.807, 2.05) is 30.3 Å². The number of carbonyl (C=O) groups is 3. The number of hydrogen-bond acceptors (Lipinski definition) is 5. The molecule has 0 unspecified atom stereocenters. The number of thioether (sulfide) groups is 1. The lowest BCUT2D eigenvalue weighted by Crippen LogP contribution is -2.24. The number of nitrogens with zero attached hydrogens (tertiary/aromatic N) is 1. The smallest absolute Gasteiger partial charge is 0.260 e. The number of methoxy groups -OCH3 is 1. The van der Waals surface area contributed by atoms with Gasteiger partial charge in [-0.1, -0.05) is 42.1 Å².